The first-order valence-corrected chi connectivity index (χ1v) is 1.84. The SMILES string of the molecule is C.C.C.F.P=S. The summed E-state index contributed by atoms with van der Waals surface area (Å²) in [5.74, 6) is 0. The molecular formula is C3H14FPS. The third-order valence-corrected chi connectivity index (χ3v) is 0. The Kier molecular flexibility index (Phi) is 8090. The van der Waals surface area contributed by atoms with Gasteiger partial charge in [-0.05, 0) is 8.02 Å². The molecule has 0 heterocycles. The molecule has 0 rings (SSSR count). The maximum absolute atomic E-state index is 3.89. The standard InChI is InChI=1S/3CH4.FH.HPS/c;;;;1-2/h3*1H4;1H;1H. The van der Waals surface area contributed by atoms with Crippen LogP contribution in [0.25, 0.3) is 0 Å². The van der Waals surface area contributed by atoms with Gasteiger partial charge in [0.25, 0.3) is 0 Å². The van der Waals surface area contributed by atoms with E-state index in [0.717, 1.165) is 0 Å². The smallest absolute Gasteiger partial charge is 0.0437 e. The zero-order valence-electron chi connectivity index (χ0n) is 1.32. The van der Waals surface area contributed by atoms with Crippen molar-refractivity contribution in [2.24, 2.45) is 0 Å². The summed E-state index contributed by atoms with van der Waals surface area (Å²) < 4.78 is 0. The largest absolute Gasteiger partial charge is 0.269 e. The summed E-state index contributed by atoms with van der Waals surface area (Å²) in [6, 6.07) is 0. The van der Waals surface area contributed by atoms with Gasteiger partial charge in [-0.2, -0.15) is 0 Å². The van der Waals surface area contributed by atoms with Crippen LogP contribution in [0.3, 0.4) is 0 Å². The van der Waals surface area contributed by atoms with Crippen molar-refractivity contribution in [1.29, 1.82) is 0 Å². The quantitative estimate of drug-likeness (QED) is 0.456. The van der Waals surface area contributed by atoms with Gasteiger partial charge in [0.1, 0.15) is 0 Å². The van der Waals surface area contributed by atoms with Crippen LogP contribution in [0, 0.1) is 0 Å². The molecule has 0 unspecified atom stereocenters. The molecule has 6 heavy (non-hydrogen) atoms. The van der Waals surface area contributed by atoms with Gasteiger partial charge in [0.15, 0.2) is 0 Å². The Hall–Kier alpha value is 0.450. The molecule has 0 atom stereocenters. The summed E-state index contributed by atoms with van der Waals surface area (Å²) in [4.78, 5) is 0. The summed E-state index contributed by atoms with van der Waals surface area (Å²) in [6.07, 6.45) is 0. The topological polar surface area (TPSA) is 0 Å². The van der Waals surface area contributed by atoms with Gasteiger partial charge in [-0.1, -0.05) is 34.1 Å². The second kappa shape index (κ2) is 533. The van der Waals surface area contributed by atoms with Crippen LogP contribution in [0.5, 0.6) is 0 Å². The van der Waals surface area contributed by atoms with Crippen LogP contribution < -0.4 is 0 Å². The van der Waals surface area contributed by atoms with Gasteiger partial charge in [-0.25, -0.2) is 0 Å². The highest BCUT2D eigenvalue weighted by molar-refractivity contribution is 7.88. The van der Waals surface area contributed by atoms with E-state index in [4.69, 9.17) is 0 Å². The van der Waals surface area contributed by atoms with E-state index in [1.165, 1.54) is 0 Å². The first-order valence-electron chi connectivity index (χ1n) is 0.204. The molecule has 0 fully saturated rings. The predicted octanol–water partition coefficient (Wildman–Crippen LogP) is 2.65. The number of rotatable bonds is 0. The second-order valence-electron chi connectivity index (χ2n) is 0. The fourth-order valence-electron chi connectivity index (χ4n) is 0. The van der Waals surface area contributed by atoms with Crippen LogP contribution in [-0.2, 0) is 11.8 Å². The summed E-state index contributed by atoms with van der Waals surface area (Å²) in [7, 11) is 2.56. The Labute approximate surface area is 47.6 Å². The van der Waals surface area contributed by atoms with E-state index in [2.05, 4.69) is 19.8 Å². The molecule has 44 valence electrons. The van der Waals surface area contributed by atoms with Crippen LogP contribution in [0.15, 0.2) is 0 Å². The van der Waals surface area contributed by atoms with E-state index in [9.17, 15) is 0 Å². The first-order chi connectivity index (χ1) is 1.00. The van der Waals surface area contributed by atoms with Gasteiger partial charge in [0.05, 0.1) is 0 Å². The van der Waals surface area contributed by atoms with Crippen LogP contribution in [-0.4, -0.2) is 0 Å². The van der Waals surface area contributed by atoms with Gasteiger partial charge in [0, 0.05) is 0 Å². The molecule has 0 aliphatic carbocycles. The summed E-state index contributed by atoms with van der Waals surface area (Å²) >= 11 is 3.89. The van der Waals surface area contributed by atoms with Gasteiger partial charge < -0.3 is 0 Å². The third kappa shape index (κ3) is 262. The lowest BCUT2D eigenvalue weighted by molar-refractivity contribution is 1.11. The Morgan fingerprint density at radius 2 is 0.833 bits per heavy atom. The molecule has 0 bridgehead atoms. The highest BCUT2D eigenvalue weighted by atomic mass is 32.4. The minimum atomic E-state index is 0. The van der Waals surface area contributed by atoms with Crippen LogP contribution >= 0.6 is 8.02 Å². The summed E-state index contributed by atoms with van der Waals surface area (Å²) in [5.41, 5.74) is 0. The molecule has 0 saturated carbocycles. The lowest BCUT2D eigenvalue weighted by Gasteiger charge is -0.760. The van der Waals surface area contributed by atoms with Gasteiger partial charge >= 0.3 is 0 Å². The molecule has 0 nitrogen and oxygen atoms in total. The monoisotopic (exact) mass is 132 g/mol. The van der Waals surface area contributed by atoms with Crippen molar-refractivity contribution in [3.63, 3.8) is 0 Å². The molecular weight excluding hydrogens is 118 g/mol. The number of hydrogen-bond donors (Lipinski definition) is 0. The Bertz CT molecular complexity index is 10.8. The number of halogens is 1. The molecule has 0 spiro atoms. The summed E-state index contributed by atoms with van der Waals surface area (Å²) in [5, 5.41) is 0. The van der Waals surface area contributed by atoms with Crippen molar-refractivity contribution >= 4 is 19.8 Å². The van der Waals surface area contributed by atoms with Gasteiger partial charge in [0.2, 0.25) is 0 Å². The van der Waals surface area contributed by atoms with E-state index in [1.54, 1.807) is 0 Å². The summed E-state index contributed by atoms with van der Waals surface area (Å²) in [6.45, 7) is 0. The zero-order valence-corrected chi connectivity index (χ0v) is 3.13. The lowest BCUT2D eigenvalue weighted by Crippen LogP contribution is -0.399. The van der Waals surface area contributed by atoms with Crippen molar-refractivity contribution < 1.29 is 4.70 Å². The highest BCUT2D eigenvalue weighted by Gasteiger charge is 0.655. The molecule has 0 radical (unpaired) electrons. The average molecular weight is 132 g/mol. The molecule has 3 heteroatoms. The molecule has 0 N–H and O–H groups in total. The van der Waals surface area contributed by atoms with Crippen LogP contribution in [0.4, 0.5) is 4.70 Å². The van der Waals surface area contributed by atoms with Crippen molar-refractivity contribution in [2.75, 3.05) is 0 Å². The molecule has 0 aromatic rings. The van der Waals surface area contributed by atoms with Crippen molar-refractivity contribution in [1.82, 2.24) is 0 Å². The molecule has 0 aromatic carbocycles. The fourth-order valence-corrected chi connectivity index (χ4v) is 0. The minimum absolute atomic E-state index is 0. The first kappa shape index (κ1) is 91.1. The van der Waals surface area contributed by atoms with Crippen LogP contribution in [0.1, 0.15) is 22.3 Å². The van der Waals surface area contributed by atoms with Gasteiger partial charge in [-0.15, -0.1) is 0 Å². The molecule has 0 saturated heterocycles. The normalized spacial score (nSPS) is 0.667. The van der Waals surface area contributed by atoms with Crippen molar-refractivity contribution in [3.05, 3.63) is 0 Å². The Balaban J connectivity index is -0.000000000833. The van der Waals surface area contributed by atoms with E-state index in [1.807, 2.05) is 0 Å². The fraction of sp³-hybridized carbons (Fsp3) is 1.00. The third-order valence-electron chi connectivity index (χ3n) is 0. The number of hydrogen-bond acceptors (Lipinski definition) is 1. The Morgan fingerprint density at radius 3 is 0.833 bits per heavy atom. The Morgan fingerprint density at radius 1 is 0.833 bits per heavy atom. The maximum atomic E-state index is 3.89. The lowest BCUT2D eigenvalue weighted by atomic mass is 12.0. The molecule has 0 aliphatic rings. The van der Waals surface area contributed by atoms with E-state index < -0.39 is 0 Å². The van der Waals surface area contributed by atoms with E-state index in [-0.39, 0.29) is 27.0 Å². The predicted molar refractivity (Wildman–Crippen MR) is 38.4 cm³/mol. The second-order valence-corrected chi connectivity index (χ2v) is 0. The van der Waals surface area contributed by atoms with Crippen molar-refractivity contribution in [3.8, 4) is 0 Å². The molecule has 0 aromatic heterocycles. The highest BCUT2D eigenvalue weighted by Crippen LogP contribution is 1.26. The molecule has 0 aliphatic heterocycles. The van der Waals surface area contributed by atoms with Crippen LogP contribution in [0.2, 0.25) is 0 Å². The van der Waals surface area contributed by atoms with Gasteiger partial charge in [-0.3, -0.25) is 4.70 Å². The van der Waals surface area contributed by atoms with E-state index in [0.29, 0.717) is 0 Å². The molecule has 0 amide bonds. The minimum Gasteiger partial charge on any atom is -0.269 e. The van der Waals surface area contributed by atoms with E-state index >= 15 is 0 Å². The zero-order chi connectivity index (χ0) is 2.00. The maximum Gasteiger partial charge on any atom is -0.0437 e. The average Bonchev–Trinajstić information content (AvgIpc) is 1.00. The van der Waals surface area contributed by atoms with Crippen molar-refractivity contribution in [2.45, 2.75) is 22.3 Å².